The number of imidazole rings is 1. The summed E-state index contributed by atoms with van der Waals surface area (Å²) in [5.74, 6) is -0.636. The number of benzene rings is 3. The molecule has 39 heavy (non-hydrogen) atoms. The predicted molar refractivity (Wildman–Crippen MR) is 146 cm³/mol. The van der Waals surface area contributed by atoms with E-state index in [0.29, 0.717) is 23.4 Å². The molecule has 0 saturated heterocycles. The third-order valence-corrected chi connectivity index (χ3v) is 5.91. The molecule has 0 radical (unpaired) electrons. The normalized spacial score (nSPS) is 10.7. The van der Waals surface area contributed by atoms with Crippen molar-refractivity contribution in [3.8, 4) is 16.8 Å². The fourth-order valence-electron chi connectivity index (χ4n) is 4.05. The van der Waals surface area contributed by atoms with Gasteiger partial charge in [0.25, 0.3) is 5.91 Å². The number of para-hydroxylation sites is 2. The maximum absolute atomic E-state index is 13.2. The van der Waals surface area contributed by atoms with Crippen LogP contribution in [0.2, 0.25) is 0 Å². The molecule has 2 amide bonds. The quantitative estimate of drug-likeness (QED) is 0.184. The molecule has 0 aliphatic carbocycles. The molecule has 0 aliphatic heterocycles. The van der Waals surface area contributed by atoms with Gasteiger partial charge in [-0.1, -0.05) is 48.5 Å². The number of hydrogen-bond acceptors (Lipinski definition) is 6. The summed E-state index contributed by atoms with van der Waals surface area (Å²) in [7, 11) is 0. The first-order valence-electron chi connectivity index (χ1n) is 12.1. The van der Waals surface area contributed by atoms with Crippen LogP contribution in [-0.4, -0.2) is 36.5 Å². The maximum Gasteiger partial charge on any atom is 0.397 e. The van der Waals surface area contributed by atoms with Crippen molar-refractivity contribution in [1.82, 2.24) is 19.7 Å². The molecular formula is C28H23N7O4. The highest BCUT2D eigenvalue weighted by molar-refractivity contribution is 6.04. The number of H-pyrrole nitrogens is 1. The number of amides is 2. The highest BCUT2D eigenvalue weighted by Gasteiger charge is 2.20. The molecule has 3 N–H and O–H groups in total. The van der Waals surface area contributed by atoms with E-state index in [1.807, 2.05) is 60.7 Å². The van der Waals surface area contributed by atoms with Gasteiger partial charge in [0, 0.05) is 36.0 Å². The van der Waals surface area contributed by atoms with Gasteiger partial charge in [-0.2, -0.15) is 5.10 Å². The van der Waals surface area contributed by atoms with E-state index in [1.165, 1.54) is 6.20 Å². The molecule has 0 atom stereocenters. The number of nitrogens with zero attached hydrogens (tertiary/aromatic N) is 4. The predicted octanol–water partition coefficient (Wildman–Crippen LogP) is 4.99. The zero-order chi connectivity index (χ0) is 27.2. The fourth-order valence-corrected chi connectivity index (χ4v) is 4.05. The van der Waals surface area contributed by atoms with Crippen molar-refractivity contribution >= 4 is 29.3 Å². The molecule has 0 spiro atoms. The second-order valence-corrected chi connectivity index (χ2v) is 8.59. The van der Waals surface area contributed by atoms with Crippen LogP contribution in [0.4, 0.5) is 17.5 Å². The average molecular weight is 522 g/mol. The van der Waals surface area contributed by atoms with E-state index >= 15 is 0 Å². The molecule has 3 aromatic carbocycles. The lowest BCUT2D eigenvalue weighted by Gasteiger charge is -2.09. The Hall–Kier alpha value is -5.58. The topological polar surface area (TPSA) is 148 Å². The van der Waals surface area contributed by atoms with Crippen molar-refractivity contribution in [1.29, 1.82) is 0 Å². The molecule has 0 aliphatic rings. The van der Waals surface area contributed by atoms with Crippen molar-refractivity contribution in [3.05, 3.63) is 119 Å². The van der Waals surface area contributed by atoms with E-state index in [-0.39, 0.29) is 35.2 Å². The third kappa shape index (κ3) is 5.88. The van der Waals surface area contributed by atoms with Crippen molar-refractivity contribution in [3.63, 3.8) is 0 Å². The largest absolute Gasteiger partial charge is 0.397 e. The maximum atomic E-state index is 13.2. The summed E-state index contributed by atoms with van der Waals surface area (Å²) >= 11 is 0. The van der Waals surface area contributed by atoms with Crippen molar-refractivity contribution in [2.75, 3.05) is 10.6 Å². The standard InChI is InChI=1S/C28H23N7O4/c36-25(30-21-10-3-1-4-11-21)15-14-22-18-34(23-12-5-2-6-13-23)28(31-22)32-27(37)20-9-7-8-19(16-20)24-17-29-33-26(24)35(38)39/h1-13,16-18H,14-15H2,(H,29,33)(H,30,36)(H,31,32,37). The second kappa shape index (κ2) is 11.2. The van der Waals surface area contributed by atoms with Gasteiger partial charge in [0.05, 0.1) is 17.0 Å². The monoisotopic (exact) mass is 521 g/mol. The minimum atomic E-state index is -0.586. The Morgan fingerprint density at radius 3 is 2.44 bits per heavy atom. The van der Waals surface area contributed by atoms with Crippen molar-refractivity contribution in [2.24, 2.45) is 0 Å². The van der Waals surface area contributed by atoms with E-state index < -0.39 is 10.8 Å². The Morgan fingerprint density at radius 2 is 1.69 bits per heavy atom. The Kier molecular flexibility index (Phi) is 7.21. The van der Waals surface area contributed by atoms with Gasteiger partial charge < -0.3 is 15.4 Å². The Bertz CT molecular complexity index is 1630. The number of carbonyl (C=O) groups excluding carboxylic acids is 2. The van der Waals surface area contributed by atoms with Crippen LogP contribution in [0.1, 0.15) is 22.5 Å². The van der Waals surface area contributed by atoms with Crippen molar-refractivity contribution in [2.45, 2.75) is 12.8 Å². The van der Waals surface area contributed by atoms with E-state index in [0.717, 1.165) is 5.69 Å². The Labute approximate surface area is 222 Å². The average Bonchev–Trinajstić information content (AvgIpc) is 3.61. The summed E-state index contributed by atoms with van der Waals surface area (Å²) in [6.07, 6.45) is 3.77. The van der Waals surface area contributed by atoms with Crippen LogP contribution >= 0.6 is 0 Å². The Morgan fingerprint density at radius 1 is 0.949 bits per heavy atom. The zero-order valence-electron chi connectivity index (χ0n) is 20.6. The molecule has 0 fully saturated rings. The van der Waals surface area contributed by atoms with Crippen LogP contribution in [0, 0.1) is 10.1 Å². The first-order chi connectivity index (χ1) is 19.0. The van der Waals surface area contributed by atoms with Gasteiger partial charge >= 0.3 is 5.82 Å². The molecule has 0 saturated carbocycles. The molecule has 5 aromatic rings. The minimum absolute atomic E-state index is 0.147. The smallest absolute Gasteiger partial charge is 0.358 e. The van der Waals surface area contributed by atoms with Crippen molar-refractivity contribution < 1.29 is 14.5 Å². The molecule has 2 aromatic heterocycles. The van der Waals surface area contributed by atoms with Gasteiger partial charge in [0.15, 0.2) is 0 Å². The molecule has 5 rings (SSSR count). The lowest BCUT2D eigenvalue weighted by molar-refractivity contribution is -0.388. The van der Waals surface area contributed by atoms with Gasteiger partial charge in [0.1, 0.15) is 5.56 Å². The number of aryl methyl sites for hydroxylation is 1. The highest BCUT2D eigenvalue weighted by Crippen LogP contribution is 2.28. The van der Waals surface area contributed by atoms with Crippen LogP contribution in [0.15, 0.2) is 97.3 Å². The van der Waals surface area contributed by atoms with E-state index in [4.69, 9.17) is 0 Å². The number of anilines is 2. The first-order valence-corrected chi connectivity index (χ1v) is 12.1. The SMILES string of the molecule is O=C(CCc1cn(-c2ccccc2)c(NC(=O)c2cccc(-c3c[nH]nc3[N+](=O)[O-])c2)n1)Nc1ccccc1. The zero-order valence-corrected chi connectivity index (χ0v) is 20.6. The number of nitrogens with one attached hydrogen (secondary N) is 3. The molecule has 2 heterocycles. The van der Waals surface area contributed by atoms with Crippen LogP contribution in [-0.2, 0) is 11.2 Å². The third-order valence-electron chi connectivity index (χ3n) is 5.91. The van der Waals surface area contributed by atoms with E-state index in [1.54, 1.807) is 35.0 Å². The number of carbonyl (C=O) groups is 2. The number of aromatic amines is 1. The summed E-state index contributed by atoms with van der Waals surface area (Å²) < 4.78 is 1.74. The molecular weight excluding hydrogens is 498 g/mol. The summed E-state index contributed by atoms with van der Waals surface area (Å²) in [5, 5.41) is 23.1. The van der Waals surface area contributed by atoms with Crippen LogP contribution in [0.3, 0.4) is 0 Å². The lowest BCUT2D eigenvalue weighted by Crippen LogP contribution is -2.15. The van der Waals surface area contributed by atoms with E-state index in [9.17, 15) is 19.7 Å². The van der Waals surface area contributed by atoms with Crippen LogP contribution in [0.25, 0.3) is 16.8 Å². The molecule has 11 heteroatoms. The molecule has 0 unspecified atom stereocenters. The van der Waals surface area contributed by atoms with Gasteiger partial charge in [-0.3, -0.25) is 19.5 Å². The van der Waals surface area contributed by atoms with Crippen LogP contribution in [0.5, 0.6) is 0 Å². The van der Waals surface area contributed by atoms with Crippen LogP contribution < -0.4 is 10.6 Å². The summed E-state index contributed by atoms with van der Waals surface area (Å²) in [6.45, 7) is 0. The summed E-state index contributed by atoms with van der Waals surface area (Å²) in [6, 6.07) is 25.0. The fraction of sp³-hybridized carbons (Fsp3) is 0.0714. The first kappa shape index (κ1) is 25.1. The number of rotatable bonds is 9. The number of hydrogen-bond donors (Lipinski definition) is 3. The summed E-state index contributed by atoms with van der Waals surface area (Å²) in [4.78, 5) is 41.0. The minimum Gasteiger partial charge on any atom is -0.358 e. The Balaban J connectivity index is 1.36. The van der Waals surface area contributed by atoms with E-state index in [2.05, 4.69) is 25.8 Å². The molecule has 0 bridgehead atoms. The lowest BCUT2D eigenvalue weighted by atomic mass is 10.1. The molecule has 194 valence electrons. The number of aromatic nitrogens is 4. The van der Waals surface area contributed by atoms with Gasteiger partial charge in [0.2, 0.25) is 11.9 Å². The van der Waals surface area contributed by atoms with Gasteiger partial charge in [-0.25, -0.2) is 4.98 Å². The molecule has 11 nitrogen and oxygen atoms in total. The second-order valence-electron chi connectivity index (χ2n) is 8.59. The summed E-state index contributed by atoms with van der Waals surface area (Å²) in [5.41, 5.74) is 3.15. The highest BCUT2D eigenvalue weighted by atomic mass is 16.6. The van der Waals surface area contributed by atoms with Gasteiger partial charge in [-0.05, 0) is 46.9 Å². The van der Waals surface area contributed by atoms with Gasteiger partial charge in [-0.15, -0.1) is 0 Å². The number of nitro groups is 1.